The van der Waals surface area contributed by atoms with Crippen molar-refractivity contribution in [1.29, 1.82) is 0 Å². The number of unbranched alkanes of at least 4 members (excludes halogenated alkanes) is 11. The van der Waals surface area contributed by atoms with E-state index in [1.165, 1.54) is 51.4 Å². The monoisotopic (exact) mass is 445 g/mol. The van der Waals surface area contributed by atoms with Gasteiger partial charge in [-0.1, -0.05) is 70.4 Å². The number of aliphatic carboxylic acids is 1. The van der Waals surface area contributed by atoms with E-state index in [2.05, 4.69) is 29.4 Å². The smallest absolute Gasteiger partial charge is 1.00 e. The number of hydroxylamine groups is 1. The fourth-order valence-corrected chi connectivity index (χ4v) is 2.78. The van der Waals surface area contributed by atoms with Gasteiger partial charge in [-0.25, -0.2) is 4.79 Å². The Morgan fingerprint density at radius 3 is 1.80 bits per heavy atom. The summed E-state index contributed by atoms with van der Waals surface area (Å²) in [7, 11) is 0. The number of amides is 1. The van der Waals surface area contributed by atoms with Crippen LogP contribution in [0.15, 0.2) is 12.2 Å². The largest absolute Gasteiger partial charge is 1.00 e. The van der Waals surface area contributed by atoms with Crippen molar-refractivity contribution in [3.63, 3.8) is 0 Å². The van der Waals surface area contributed by atoms with Crippen LogP contribution in [-0.4, -0.2) is 23.0 Å². The van der Waals surface area contributed by atoms with E-state index in [4.69, 9.17) is 5.11 Å². The average molecular weight is 446 g/mol. The Hall–Kier alpha value is 0.150. The molecule has 0 atom stereocenters. The number of hydrogen-bond donors (Lipinski definition) is 2. The van der Waals surface area contributed by atoms with Gasteiger partial charge in [0.2, 0.25) is 0 Å². The summed E-state index contributed by atoms with van der Waals surface area (Å²) in [5.74, 6) is -2.15. The van der Waals surface area contributed by atoms with Crippen molar-refractivity contribution in [3.05, 3.63) is 12.2 Å². The number of nitrogens with one attached hydrogen (secondary N) is 1. The molecule has 2 N–H and O–H groups in total. The van der Waals surface area contributed by atoms with Gasteiger partial charge in [0, 0.05) is 6.42 Å². The fraction of sp³-hybridized carbons (Fsp3) is 0.773. The summed E-state index contributed by atoms with van der Waals surface area (Å²) in [6.07, 6.45) is 19.9. The second-order valence-corrected chi connectivity index (χ2v) is 7.23. The van der Waals surface area contributed by atoms with Gasteiger partial charge in [0.1, 0.15) is 0 Å². The number of hydrogen-bond acceptors (Lipinski definition) is 4. The molecule has 30 heavy (non-hydrogen) atoms. The van der Waals surface area contributed by atoms with Crippen LogP contribution < -0.4 is 64.6 Å². The van der Waals surface area contributed by atoms with Gasteiger partial charge in [-0.2, -0.15) is 5.48 Å². The van der Waals surface area contributed by atoms with Crippen LogP contribution in [0.5, 0.6) is 0 Å². The van der Waals surface area contributed by atoms with Gasteiger partial charge in [-0.15, -0.1) is 0 Å². The van der Waals surface area contributed by atoms with Gasteiger partial charge in [-0.3, -0.25) is 9.59 Å². The van der Waals surface area contributed by atoms with Crippen LogP contribution in [0, 0.1) is 0 Å². The zero-order valence-electron chi connectivity index (χ0n) is 21.5. The standard InChI is InChI=1S/C22H39NO5.2Na.2H/c1-2-3-4-5-6-7-8-9-10-11-12-13-14-15-16-17-20(24)23-28-22(27)19-18-21(25)26;;;;/h9-10H,2-8,11-19H2,1H3,(H,23,24)(H,25,26);;;;/q;2*+1;2*-1/b10-9-;;;;. The maximum Gasteiger partial charge on any atom is 1.00 e. The Labute approximate surface area is 229 Å². The van der Waals surface area contributed by atoms with Crippen LogP contribution >= 0.6 is 0 Å². The molecule has 8 heteroatoms. The predicted molar refractivity (Wildman–Crippen MR) is 113 cm³/mol. The van der Waals surface area contributed by atoms with E-state index in [0.29, 0.717) is 6.42 Å². The molecule has 0 aliphatic carbocycles. The van der Waals surface area contributed by atoms with Crippen LogP contribution in [0.3, 0.4) is 0 Å². The minimum atomic E-state index is -1.07. The van der Waals surface area contributed by atoms with Crippen LogP contribution in [0.2, 0.25) is 0 Å². The molecule has 0 aliphatic heterocycles. The normalized spacial score (nSPS) is 10.2. The van der Waals surface area contributed by atoms with E-state index in [1.807, 2.05) is 0 Å². The maximum atomic E-state index is 11.5. The first-order valence-electron chi connectivity index (χ1n) is 10.9. The van der Waals surface area contributed by atoms with Gasteiger partial charge in [-0.05, 0) is 32.1 Å². The van der Waals surface area contributed by atoms with Crippen molar-refractivity contribution >= 4 is 17.8 Å². The quantitative estimate of drug-likeness (QED) is 0.131. The molecular weight excluding hydrogens is 404 g/mol. The SMILES string of the molecule is CCCCCCCC/C=C\CCCCCCCC(=O)NOC(=O)CCC(=O)O.[H-].[H-].[Na+].[Na+]. The molecule has 0 aromatic rings. The minimum absolute atomic E-state index is 0. The Kier molecular flexibility index (Phi) is 31.5. The van der Waals surface area contributed by atoms with Crippen LogP contribution in [0.25, 0.3) is 0 Å². The predicted octanol–water partition coefficient (Wildman–Crippen LogP) is -0.304. The summed E-state index contributed by atoms with van der Waals surface area (Å²) >= 11 is 0. The number of allylic oxidation sites excluding steroid dienone is 2. The van der Waals surface area contributed by atoms with Crippen molar-refractivity contribution in [2.45, 2.75) is 110 Å². The molecule has 0 aliphatic rings. The molecule has 166 valence electrons. The third-order valence-electron chi connectivity index (χ3n) is 4.49. The Morgan fingerprint density at radius 2 is 1.27 bits per heavy atom. The van der Waals surface area contributed by atoms with E-state index < -0.39 is 11.9 Å². The Bertz CT molecular complexity index is 470. The van der Waals surface area contributed by atoms with Crippen molar-refractivity contribution < 1.29 is 86.3 Å². The Morgan fingerprint density at radius 1 is 0.767 bits per heavy atom. The summed E-state index contributed by atoms with van der Waals surface area (Å²) < 4.78 is 0. The molecule has 0 aromatic heterocycles. The van der Waals surface area contributed by atoms with Crippen molar-refractivity contribution in [1.82, 2.24) is 5.48 Å². The van der Waals surface area contributed by atoms with Crippen molar-refractivity contribution in [2.24, 2.45) is 0 Å². The maximum absolute atomic E-state index is 11.5. The minimum Gasteiger partial charge on any atom is -1.00 e. The molecule has 0 heterocycles. The number of carbonyl (C=O) groups excluding carboxylic acids is 2. The Balaban J connectivity index is -0.000000607. The number of carboxylic acids is 1. The van der Waals surface area contributed by atoms with Crippen molar-refractivity contribution in [3.8, 4) is 0 Å². The van der Waals surface area contributed by atoms with E-state index in [1.54, 1.807) is 0 Å². The summed E-state index contributed by atoms with van der Waals surface area (Å²) in [4.78, 5) is 37.5. The van der Waals surface area contributed by atoms with Gasteiger partial charge in [0.25, 0.3) is 5.91 Å². The van der Waals surface area contributed by atoms with Crippen LogP contribution in [-0.2, 0) is 19.2 Å². The summed E-state index contributed by atoms with van der Waals surface area (Å²) in [6, 6.07) is 0. The van der Waals surface area contributed by atoms with E-state index in [0.717, 1.165) is 32.1 Å². The molecule has 1 amide bonds. The first-order chi connectivity index (χ1) is 13.6. The summed E-state index contributed by atoms with van der Waals surface area (Å²) in [5, 5.41) is 8.44. The molecule has 0 unspecified atom stereocenters. The average Bonchev–Trinajstić information content (AvgIpc) is 2.67. The molecule has 0 rings (SSSR count). The molecule has 0 radical (unpaired) electrons. The first-order valence-corrected chi connectivity index (χ1v) is 10.9. The van der Waals surface area contributed by atoms with Gasteiger partial charge in [0.05, 0.1) is 12.8 Å². The number of carboxylic acid groups (broad SMARTS) is 1. The zero-order chi connectivity index (χ0) is 20.9. The van der Waals surface area contributed by atoms with E-state index in [9.17, 15) is 14.4 Å². The second kappa shape index (κ2) is 27.2. The second-order valence-electron chi connectivity index (χ2n) is 7.23. The third-order valence-corrected chi connectivity index (χ3v) is 4.49. The molecule has 0 saturated carbocycles. The molecule has 0 bridgehead atoms. The molecule has 0 saturated heterocycles. The first kappa shape index (κ1) is 34.8. The molecule has 0 aromatic carbocycles. The van der Waals surface area contributed by atoms with Crippen LogP contribution in [0.4, 0.5) is 0 Å². The molecule has 6 nitrogen and oxygen atoms in total. The molecule has 0 fully saturated rings. The fourth-order valence-electron chi connectivity index (χ4n) is 2.78. The summed E-state index contributed by atoms with van der Waals surface area (Å²) in [6.45, 7) is 2.24. The number of rotatable bonds is 18. The van der Waals surface area contributed by atoms with Crippen molar-refractivity contribution in [2.75, 3.05) is 0 Å². The molecular formula is C22H41NNa2O5. The zero-order valence-corrected chi connectivity index (χ0v) is 23.5. The number of carbonyl (C=O) groups is 3. The third kappa shape index (κ3) is 28.1. The molecule has 0 spiro atoms. The topological polar surface area (TPSA) is 92.7 Å². The van der Waals surface area contributed by atoms with E-state index in [-0.39, 0.29) is 80.7 Å². The van der Waals surface area contributed by atoms with E-state index >= 15 is 0 Å². The summed E-state index contributed by atoms with van der Waals surface area (Å²) in [5.41, 5.74) is 2.07. The van der Waals surface area contributed by atoms with Gasteiger partial charge >= 0.3 is 71.1 Å². The van der Waals surface area contributed by atoms with Gasteiger partial charge < -0.3 is 12.8 Å². The van der Waals surface area contributed by atoms with Gasteiger partial charge in [0.15, 0.2) is 0 Å². The van der Waals surface area contributed by atoms with Crippen LogP contribution in [0.1, 0.15) is 113 Å².